The van der Waals surface area contributed by atoms with Gasteiger partial charge in [-0.15, -0.1) is 0 Å². The first-order chi connectivity index (χ1) is 10.1. The summed E-state index contributed by atoms with van der Waals surface area (Å²) in [5.74, 6) is -1.40. The number of H-pyrrole nitrogens is 1. The number of carbonyl (C=O) groups excluding carboxylic acids is 1. The number of carboxylic acid groups (broad SMARTS) is 1. The van der Waals surface area contributed by atoms with Gasteiger partial charge >= 0.3 is 5.97 Å². The van der Waals surface area contributed by atoms with Gasteiger partial charge in [0.15, 0.2) is 0 Å². The number of aromatic nitrogens is 1. The number of carboxylic acids is 1. The fourth-order valence-corrected chi connectivity index (χ4v) is 2.19. The van der Waals surface area contributed by atoms with E-state index in [4.69, 9.17) is 9.84 Å². The molecule has 1 aromatic heterocycles. The molecule has 6 nitrogen and oxygen atoms in total. The summed E-state index contributed by atoms with van der Waals surface area (Å²) in [6, 6.07) is 6.10. The third kappa shape index (κ3) is 4.06. The summed E-state index contributed by atoms with van der Waals surface area (Å²) in [5, 5.41) is 12.3. The second kappa shape index (κ2) is 6.90. The van der Waals surface area contributed by atoms with E-state index in [1.54, 1.807) is 0 Å². The van der Waals surface area contributed by atoms with E-state index in [9.17, 15) is 9.59 Å². The highest BCUT2D eigenvalue weighted by Crippen LogP contribution is 2.21. The van der Waals surface area contributed by atoms with Crippen molar-refractivity contribution in [1.82, 2.24) is 10.3 Å². The van der Waals surface area contributed by atoms with Gasteiger partial charge in [-0.05, 0) is 24.5 Å². The van der Waals surface area contributed by atoms with E-state index in [0.717, 1.165) is 16.5 Å². The maximum Gasteiger partial charge on any atom is 0.329 e. The van der Waals surface area contributed by atoms with Crippen LogP contribution in [0.1, 0.15) is 11.1 Å². The Kier molecular flexibility index (Phi) is 4.94. The van der Waals surface area contributed by atoms with Gasteiger partial charge in [-0.2, -0.15) is 0 Å². The minimum atomic E-state index is -1.09. The molecule has 0 bridgehead atoms. The number of benzene rings is 1. The van der Waals surface area contributed by atoms with E-state index in [1.807, 2.05) is 31.3 Å². The first kappa shape index (κ1) is 15.1. The van der Waals surface area contributed by atoms with Crippen molar-refractivity contribution < 1.29 is 19.4 Å². The van der Waals surface area contributed by atoms with Gasteiger partial charge in [-0.25, -0.2) is 4.79 Å². The van der Waals surface area contributed by atoms with Crippen molar-refractivity contribution in [3.8, 4) is 0 Å². The van der Waals surface area contributed by atoms with Crippen LogP contribution in [0.2, 0.25) is 0 Å². The quantitative estimate of drug-likeness (QED) is 0.715. The first-order valence-electron chi connectivity index (χ1n) is 6.69. The molecule has 0 atom stereocenters. The number of carbonyl (C=O) groups is 2. The number of amides is 1. The van der Waals surface area contributed by atoms with Crippen LogP contribution >= 0.6 is 0 Å². The molecular weight excluding hydrogens is 272 g/mol. The highest BCUT2D eigenvalue weighted by molar-refractivity contribution is 5.86. The number of nitrogens with one attached hydrogen (secondary N) is 2. The fourth-order valence-electron chi connectivity index (χ4n) is 2.19. The second-order valence-corrected chi connectivity index (χ2v) is 4.80. The Hall–Kier alpha value is -2.34. The maximum absolute atomic E-state index is 11.4. The smallest absolute Gasteiger partial charge is 0.329 e. The molecule has 2 aromatic rings. The van der Waals surface area contributed by atoms with Crippen LogP contribution in [0.3, 0.4) is 0 Å². The molecule has 21 heavy (non-hydrogen) atoms. The van der Waals surface area contributed by atoms with Crippen molar-refractivity contribution in [2.24, 2.45) is 0 Å². The number of para-hydroxylation sites is 1. The number of rotatable bonds is 7. The summed E-state index contributed by atoms with van der Waals surface area (Å²) < 4.78 is 4.71. The zero-order valence-corrected chi connectivity index (χ0v) is 11.8. The Balaban J connectivity index is 1.81. The molecular formula is C15H18N2O4. The van der Waals surface area contributed by atoms with Crippen LogP contribution in [0.4, 0.5) is 0 Å². The van der Waals surface area contributed by atoms with Crippen LogP contribution in [0.25, 0.3) is 10.9 Å². The number of hydrogen-bond acceptors (Lipinski definition) is 3. The Morgan fingerprint density at radius 2 is 2.14 bits per heavy atom. The van der Waals surface area contributed by atoms with Crippen LogP contribution in [-0.2, 0) is 20.7 Å². The molecule has 1 aromatic carbocycles. The van der Waals surface area contributed by atoms with Crippen molar-refractivity contribution in [3.63, 3.8) is 0 Å². The number of ether oxygens (including phenoxy) is 1. The molecule has 0 unspecified atom stereocenters. The first-order valence-corrected chi connectivity index (χ1v) is 6.69. The molecule has 3 N–H and O–H groups in total. The lowest BCUT2D eigenvalue weighted by Crippen LogP contribution is -2.30. The summed E-state index contributed by atoms with van der Waals surface area (Å²) in [4.78, 5) is 24.9. The minimum absolute atomic E-state index is 0.237. The van der Waals surface area contributed by atoms with Gasteiger partial charge in [-0.3, -0.25) is 4.79 Å². The molecule has 0 aliphatic rings. The van der Waals surface area contributed by atoms with Crippen LogP contribution < -0.4 is 5.32 Å². The van der Waals surface area contributed by atoms with E-state index in [0.29, 0.717) is 13.0 Å². The van der Waals surface area contributed by atoms with Crippen molar-refractivity contribution >= 4 is 22.8 Å². The van der Waals surface area contributed by atoms with Crippen LogP contribution in [0.5, 0.6) is 0 Å². The molecule has 1 heterocycles. The summed E-state index contributed by atoms with van der Waals surface area (Å²) in [6.45, 7) is 1.83. The Bertz CT molecular complexity index is 648. The van der Waals surface area contributed by atoms with Crippen molar-refractivity contribution in [2.45, 2.75) is 13.3 Å². The molecule has 0 radical (unpaired) electrons. The van der Waals surface area contributed by atoms with Gasteiger partial charge in [0.2, 0.25) is 5.91 Å². The number of hydrogen-bond donors (Lipinski definition) is 3. The molecule has 0 fully saturated rings. The standard InChI is InChI=1S/C15H18N2O4/c1-10-3-2-4-12-11(7-17-15(10)12)5-6-16-13(18)8-21-9-14(19)20/h2-4,7,17H,5-6,8-9H2,1H3,(H,16,18)(H,19,20). The number of aliphatic carboxylic acids is 1. The third-order valence-electron chi connectivity index (χ3n) is 3.18. The van der Waals surface area contributed by atoms with E-state index in [1.165, 1.54) is 5.56 Å². The number of fused-ring (bicyclic) bond motifs is 1. The molecule has 0 saturated heterocycles. The van der Waals surface area contributed by atoms with E-state index >= 15 is 0 Å². The van der Waals surface area contributed by atoms with Crippen molar-refractivity contribution in [2.75, 3.05) is 19.8 Å². The van der Waals surface area contributed by atoms with E-state index < -0.39 is 12.6 Å². The van der Waals surface area contributed by atoms with E-state index in [2.05, 4.69) is 10.3 Å². The van der Waals surface area contributed by atoms with E-state index in [-0.39, 0.29) is 12.5 Å². The number of aryl methyl sites for hydroxylation is 1. The fraction of sp³-hybridized carbons (Fsp3) is 0.333. The van der Waals surface area contributed by atoms with Crippen LogP contribution in [0.15, 0.2) is 24.4 Å². The molecule has 1 amide bonds. The molecule has 0 aliphatic carbocycles. The van der Waals surface area contributed by atoms with Gasteiger partial charge in [-0.1, -0.05) is 18.2 Å². The average molecular weight is 290 g/mol. The van der Waals surface area contributed by atoms with Gasteiger partial charge < -0.3 is 20.1 Å². The summed E-state index contributed by atoms with van der Waals surface area (Å²) in [6.07, 6.45) is 2.65. The highest BCUT2D eigenvalue weighted by atomic mass is 16.5. The summed E-state index contributed by atoms with van der Waals surface area (Å²) in [5.41, 5.74) is 3.44. The molecule has 0 aliphatic heterocycles. The largest absolute Gasteiger partial charge is 0.480 e. The summed E-state index contributed by atoms with van der Waals surface area (Å²) >= 11 is 0. The number of aromatic amines is 1. The van der Waals surface area contributed by atoms with Gasteiger partial charge in [0, 0.05) is 23.6 Å². The molecule has 0 saturated carbocycles. The predicted octanol–water partition coefficient (Wildman–Crippen LogP) is 1.24. The summed E-state index contributed by atoms with van der Waals surface area (Å²) in [7, 11) is 0. The highest BCUT2D eigenvalue weighted by Gasteiger charge is 2.07. The van der Waals surface area contributed by atoms with Gasteiger partial charge in [0.25, 0.3) is 0 Å². The topological polar surface area (TPSA) is 91.4 Å². The Labute approximate surface area is 122 Å². The molecule has 2 rings (SSSR count). The Morgan fingerprint density at radius 1 is 1.33 bits per heavy atom. The molecule has 112 valence electrons. The monoisotopic (exact) mass is 290 g/mol. The van der Waals surface area contributed by atoms with Crippen LogP contribution in [0, 0.1) is 6.92 Å². The third-order valence-corrected chi connectivity index (χ3v) is 3.18. The predicted molar refractivity (Wildman–Crippen MR) is 78.2 cm³/mol. The molecule has 6 heteroatoms. The zero-order valence-electron chi connectivity index (χ0n) is 11.8. The Morgan fingerprint density at radius 3 is 2.90 bits per heavy atom. The zero-order chi connectivity index (χ0) is 15.2. The maximum atomic E-state index is 11.4. The van der Waals surface area contributed by atoms with Crippen LogP contribution in [-0.4, -0.2) is 41.7 Å². The SMILES string of the molecule is Cc1cccc2c(CCNC(=O)COCC(=O)O)c[nH]c12. The minimum Gasteiger partial charge on any atom is -0.480 e. The lowest BCUT2D eigenvalue weighted by Gasteiger charge is -2.05. The lowest BCUT2D eigenvalue weighted by atomic mass is 10.1. The second-order valence-electron chi connectivity index (χ2n) is 4.80. The van der Waals surface area contributed by atoms with Gasteiger partial charge in [0.05, 0.1) is 0 Å². The van der Waals surface area contributed by atoms with Crippen molar-refractivity contribution in [3.05, 3.63) is 35.5 Å². The molecule has 0 spiro atoms. The average Bonchev–Trinajstić information content (AvgIpc) is 2.83. The van der Waals surface area contributed by atoms with Crippen molar-refractivity contribution in [1.29, 1.82) is 0 Å². The normalized spacial score (nSPS) is 10.7. The van der Waals surface area contributed by atoms with Gasteiger partial charge in [0.1, 0.15) is 13.2 Å². The lowest BCUT2D eigenvalue weighted by molar-refractivity contribution is -0.143.